The standard InChI is InChI=1S/C67H116O12/c1-4-7-10-13-16-19-22-25-28-29-30-31-34-35-38-41-44-47-50-53-59(68)75-56-58(77-60(69)54-51-48-45-42-39-36-32-26-23-20-17-14-11-8-5-2)57-76-67-65(63(72)62(71)64(79-67)66(73)74)78-61(70)55-52-49-46-43-40-37-33-27-24-21-18-15-12-9-6-3/h8,11,16-17,19-20,25-26,28,32,58,62-65,67,71-72H,4-7,9-10,12-15,18,21-24,27,29-31,33-57H2,1-3H3,(H,73,74)/b11-8-,19-16-,20-17-,28-25-,32-26-. The van der Waals surface area contributed by atoms with E-state index < -0.39 is 67.3 Å². The van der Waals surface area contributed by atoms with Gasteiger partial charge in [-0.05, 0) is 83.5 Å². The van der Waals surface area contributed by atoms with E-state index in [9.17, 15) is 34.5 Å². The van der Waals surface area contributed by atoms with Gasteiger partial charge in [-0.2, -0.15) is 0 Å². The molecule has 0 radical (unpaired) electrons. The molecule has 79 heavy (non-hydrogen) atoms. The van der Waals surface area contributed by atoms with Gasteiger partial charge in [0.15, 0.2) is 24.6 Å². The predicted molar refractivity (Wildman–Crippen MR) is 322 cm³/mol. The lowest BCUT2D eigenvalue weighted by Crippen LogP contribution is -2.61. The molecule has 12 nitrogen and oxygen atoms in total. The van der Waals surface area contributed by atoms with Crippen LogP contribution in [-0.4, -0.2) is 89.2 Å². The molecule has 0 bridgehead atoms. The van der Waals surface area contributed by atoms with Gasteiger partial charge < -0.3 is 39.0 Å². The molecule has 1 fully saturated rings. The average Bonchev–Trinajstić information content (AvgIpc) is 3.46. The van der Waals surface area contributed by atoms with E-state index in [0.717, 1.165) is 109 Å². The number of carboxylic acid groups (broad SMARTS) is 1. The second-order valence-corrected chi connectivity index (χ2v) is 22.0. The second-order valence-electron chi connectivity index (χ2n) is 22.0. The van der Waals surface area contributed by atoms with Crippen LogP contribution in [0.15, 0.2) is 60.8 Å². The number of carbonyl (C=O) groups is 4. The summed E-state index contributed by atoms with van der Waals surface area (Å²) < 4.78 is 28.5. The maximum atomic E-state index is 13.2. The molecule has 3 N–H and O–H groups in total. The predicted octanol–water partition coefficient (Wildman–Crippen LogP) is 17.1. The van der Waals surface area contributed by atoms with E-state index >= 15 is 0 Å². The molecule has 456 valence electrons. The van der Waals surface area contributed by atoms with Crippen molar-refractivity contribution in [3.63, 3.8) is 0 Å². The van der Waals surface area contributed by atoms with Crippen LogP contribution in [0.4, 0.5) is 0 Å². The van der Waals surface area contributed by atoms with Gasteiger partial charge in [-0.25, -0.2) is 4.79 Å². The third-order valence-corrected chi connectivity index (χ3v) is 14.6. The smallest absolute Gasteiger partial charge is 0.335 e. The van der Waals surface area contributed by atoms with Crippen LogP contribution in [-0.2, 0) is 42.9 Å². The molecule has 1 aliphatic heterocycles. The minimum absolute atomic E-state index is 0.0611. The van der Waals surface area contributed by atoms with Crippen LogP contribution < -0.4 is 0 Å². The molecule has 0 aromatic heterocycles. The van der Waals surface area contributed by atoms with Crippen LogP contribution in [0.3, 0.4) is 0 Å². The lowest BCUT2D eigenvalue weighted by Gasteiger charge is -2.40. The molecule has 0 amide bonds. The van der Waals surface area contributed by atoms with E-state index in [1.54, 1.807) is 0 Å². The molecule has 0 aliphatic carbocycles. The minimum Gasteiger partial charge on any atom is -0.479 e. The van der Waals surface area contributed by atoms with Crippen molar-refractivity contribution in [3.8, 4) is 0 Å². The summed E-state index contributed by atoms with van der Waals surface area (Å²) in [5.74, 6) is -3.13. The van der Waals surface area contributed by atoms with E-state index in [4.69, 9.17) is 23.7 Å². The highest BCUT2D eigenvalue weighted by molar-refractivity contribution is 5.74. The first-order valence-corrected chi connectivity index (χ1v) is 32.3. The van der Waals surface area contributed by atoms with Crippen molar-refractivity contribution in [2.75, 3.05) is 13.2 Å². The van der Waals surface area contributed by atoms with Crippen LogP contribution >= 0.6 is 0 Å². The largest absolute Gasteiger partial charge is 0.479 e. The number of carbonyl (C=O) groups excluding carboxylic acids is 3. The van der Waals surface area contributed by atoms with Gasteiger partial charge in [-0.15, -0.1) is 0 Å². The number of aliphatic hydroxyl groups excluding tert-OH is 2. The van der Waals surface area contributed by atoms with Gasteiger partial charge in [-0.3, -0.25) is 14.4 Å². The van der Waals surface area contributed by atoms with E-state index in [1.807, 2.05) is 0 Å². The zero-order chi connectivity index (χ0) is 57.5. The SMILES string of the molecule is CC/C=C\C/C=C\C/C=C\CCCCCCCC(=O)OC(COC(=O)CCCCCCCCCCC/C=C\C/C=C\CCCCC)COC1OC(C(=O)O)C(O)C(O)C1OC(=O)CCCCCCCCCCCCCCCCC. The number of ether oxygens (including phenoxy) is 5. The van der Waals surface area contributed by atoms with Gasteiger partial charge in [0.1, 0.15) is 18.8 Å². The number of carboxylic acids is 1. The van der Waals surface area contributed by atoms with Gasteiger partial charge >= 0.3 is 23.9 Å². The van der Waals surface area contributed by atoms with Crippen molar-refractivity contribution in [2.24, 2.45) is 0 Å². The number of aliphatic hydroxyl groups is 2. The van der Waals surface area contributed by atoms with Crippen molar-refractivity contribution in [3.05, 3.63) is 60.8 Å². The summed E-state index contributed by atoms with van der Waals surface area (Å²) in [7, 11) is 0. The Labute approximate surface area is 481 Å². The molecule has 1 rings (SSSR count). The van der Waals surface area contributed by atoms with Gasteiger partial charge in [0.2, 0.25) is 0 Å². The Hall–Kier alpha value is -3.58. The van der Waals surface area contributed by atoms with Crippen LogP contribution in [0.5, 0.6) is 0 Å². The quantitative estimate of drug-likeness (QED) is 0.0228. The summed E-state index contributed by atoms with van der Waals surface area (Å²) in [6, 6.07) is 0. The van der Waals surface area contributed by atoms with Crippen LogP contribution in [0.1, 0.15) is 290 Å². The Bertz CT molecular complexity index is 1600. The summed E-state index contributed by atoms with van der Waals surface area (Å²) in [5, 5.41) is 31.6. The molecule has 0 aromatic carbocycles. The molecule has 1 saturated heterocycles. The van der Waals surface area contributed by atoms with Gasteiger partial charge in [0.05, 0.1) is 6.61 Å². The zero-order valence-corrected chi connectivity index (χ0v) is 50.4. The fourth-order valence-corrected chi connectivity index (χ4v) is 9.65. The van der Waals surface area contributed by atoms with Crippen molar-refractivity contribution in [2.45, 2.75) is 327 Å². The van der Waals surface area contributed by atoms with Crippen LogP contribution in [0.25, 0.3) is 0 Å². The van der Waals surface area contributed by atoms with Crippen molar-refractivity contribution >= 4 is 23.9 Å². The summed E-state index contributed by atoms with van der Waals surface area (Å²) in [5.41, 5.74) is 0. The number of esters is 3. The van der Waals surface area contributed by atoms with Crippen LogP contribution in [0, 0.1) is 0 Å². The third-order valence-electron chi connectivity index (χ3n) is 14.6. The molecule has 12 heteroatoms. The van der Waals surface area contributed by atoms with E-state index in [0.29, 0.717) is 19.3 Å². The normalized spacial score (nSPS) is 18.2. The highest BCUT2D eigenvalue weighted by atomic mass is 16.7. The average molecular weight is 1110 g/mol. The Morgan fingerprint density at radius 3 is 1.24 bits per heavy atom. The zero-order valence-electron chi connectivity index (χ0n) is 50.4. The van der Waals surface area contributed by atoms with Gasteiger partial charge in [0.25, 0.3) is 0 Å². The number of hydrogen-bond donors (Lipinski definition) is 3. The summed E-state index contributed by atoms with van der Waals surface area (Å²) in [6.07, 6.45) is 56.1. The van der Waals surface area contributed by atoms with Gasteiger partial charge in [-0.1, -0.05) is 248 Å². The first kappa shape index (κ1) is 73.4. The third kappa shape index (κ3) is 44.7. The van der Waals surface area contributed by atoms with E-state index in [1.165, 1.54) is 122 Å². The number of aliphatic carboxylic acids is 1. The number of hydrogen-bond acceptors (Lipinski definition) is 11. The Morgan fingerprint density at radius 2 is 0.797 bits per heavy atom. The van der Waals surface area contributed by atoms with Crippen molar-refractivity contribution < 1.29 is 58.2 Å². The van der Waals surface area contributed by atoms with Gasteiger partial charge in [0, 0.05) is 19.3 Å². The summed E-state index contributed by atoms with van der Waals surface area (Å²) in [6.45, 7) is 5.87. The highest BCUT2D eigenvalue weighted by Crippen LogP contribution is 2.27. The lowest BCUT2D eigenvalue weighted by molar-refractivity contribution is -0.301. The molecular weight excluding hydrogens is 997 g/mol. The molecule has 1 aliphatic rings. The molecule has 6 unspecified atom stereocenters. The van der Waals surface area contributed by atoms with Crippen LogP contribution in [0.2, 0.25) is 0 Å². The van der Waals surface area contributed by atoms with Crippen molar-refractivity contribution in [1.29, 1.82) is 0 Å². The second kappa shape index (κ2) is 55.0. The number of rotatable bonds is 55. The Balaban J connectivity index is 2.66. The topological polar surface area (TPSA) is 175 Å². The number of allylic oxidation sites excluding steroid dienone is 10. The molecule has 0 aromatic rings. The minimum atomic E-state index is -1.90. The van der Waals surface area contributed by atoms with E-state index in [-0.39, 0.29) is 25.9 Å². The molecule has 0 saturated carbocycles. The lowest BCUT2D eigenvalue weighted by atomic mass is 9.98. The highest BCUT2D eigenvalue weighted by Gasteiger charge is 2.50. The fourth-order valence-electron chi connectivity index (χ4n) is 9.65. The fraction of sp³-hybridized carbons (Fsp3) is 0.791. The summed E-state index contributed by atoms with van der Waals surface area (Å²) in [4.78, 5) is 51.3. The maximum Gasteiger partial charge on any atom is 0.335 e. The molecule has 0 spiro atoms. The Kier molecular flexibility index (Phi) is 51.1. The molecule has 6 atom stereocenters. The Morgan fingerprint density at radius 1 is 0.430 bits per heavy atom. The number of unbranched alkanes of at least 4 members (excludes halogenated alkanes) is 31. The summed E-state index contributed by atoms with van der Waals surface area (Å²) >= 11 is 0. The van der Waals surface area contributed by atoms with E-state index in [2.05, 4.69) is 81.5 Å². The molecular formula is C67H116O12. The van der Waals surface area contributed by atoms with Crippen molar-refractivity contribution in [1.82, 2.24) is 0 Å². The first-order valence-electron chi connectivity index (χ1n) is 32.3. The monoisotopic (exact) mass is 1110 g/mol. The molecule has 1 heterocycles. The maximum absolute atomic E-state index is 13.2. The first-order chi connectivity index (χ1) is 38.6.